The minimum Gasteiger partial charge on any atom is -0.273 e. The van der Waals surface area contributed by atoms with Crippen molar-refractivity contribution in [1.82, 2.24) is 5.48 Å². The molecular formula is C11H14ClNO2. The van der Waals surface area contributed by atoms with Gasteiger partial charge in [-0.2, -0.15) is 0 Å². The monoisotopic (exact) mass is 227 g/mol. The summed E-state index contributed by atoms with van der Waals surface area (Å²) >= 11 is 5.84. The fourth-order valence-electron chi connectivity index (χ4n) is 0.974. The number of hydroxylamine groups is 1. The minimum absolute atomic E-state index is 0.318. The second kappa shape index (κ2) is 5.73. The molecule has 1 N–H and O–H groups in total. The molecule has 82 valence electrons. The highest BCUT2D eigenvalue weighted by Crippen LogP contribution is 2.14. The first-order valence-corrected chi connectivity index (χ1v) is 5.15. The van der Waals surface area contributed by atoms with Gasteiger partial charge in [-0.1, -0.05) is 37.6 Å². The maximum Gasteiger partial charge on any atom is 0.276 e. The molecule has 0 aliphatic carbocycles. The van der Waals surface area contributed by atoms with Crippen LogP contribution in [0.2, 0.25) is 5.02 Å². The molecule has 1 aromatic carbocycles. The van der Waals surface area contributed by atoms with Crippen LogP contribution in [0.1, 0.15) is 24.2 Å². The van der Waals surface area contributed by atoms with Crippen LogP contribution in [-0.4, -0.2) is 12.5 Å². The van der Waals surface area contributed by atoms with Gasteiger partial charge in [-0.15, -0.1) is 0 Å². The van der Waals surface area contributed by atoms with Gasteiger partial charge in [-0.3, -0.25) is 9.63 Å². The quantitative estimate of drug-likeness (QED) is 0.804. The maximum absolute atomic E-state index is 11.5. The lowest BCUT2D eigenvalue weighted by Gasteiger charge is -2.08. The zero-order valence-electron chi connectivity index (χ0n) is 8.79. The van der Waals surface area contributed by atoms with Crippen LogP contribution in [0.4, 0.5) is 0 Å². The van der Waals surface area contributed by atoms with Crippen LogP contribution in [0.5, 0.6) is 0 Å². The first-order valence-electron chi connectivity index (χ1n) is 4.78. The number of benzene rings is 1. The third-order valence-corrected chi connectivity index (χ3v) is 2.03. The molecule has 0 unspecified atom stereocenters. The number of hydrogen-bond acceptors (Lipinski definition) is 2. The smallest absolute Gasteiger partial charge is 0.273 e. The predicted octanol–water partition coefficient (Wildman–Crippen LogP) is 2.66. The number of halogens is 1. The Morgan fingerprint density at radius 3 is 2.73 bits per heavy atom. The summed E-state index contributed by atoms with van der Waals surface area (Å²) in [5, 5.41) is 0.420. The van der Waals surface area contributed by atoms with E-state index in [1.54, 1.807) is 24.3 Å². The molecule has 0 spiro atoms. The molecule has 0 aliphatic rings. The third-order valence-electron chi connectivity index (χ3n) is 1.70. The Morgan fingerprint density at radius 1 is 1.47 bits per heavy atom. The largest absolute Gasteiger partial charge is 0.276 e. The van der Waals surface area contributed by atoms with Crippen molar-refractivity contribution in [2.75, 3.05) is 6.61 Å². The molecule has 0 saturated heterocycles. The number of hydrogen-bond donors (Lipinski definition) is 1. The van der Waals surface area contributed by atoms with Gasteiger partial charge in [0.25, 0.3) is 5.91 Å². The van der Waals surface area contributed by atoms with Crippen molar-refractivity contribution in [2.24, 2.45) is 5.92 Å². The van der Waals surface area contributed by atoms with E-state index in [-0.39, 0.29) is 5.91 Å². The van der Waals surface area contributed by atoms with Crippen molar-refractivity contribution in [2.45, 2.75) is 13.8 Å². The van der Waals surface area contributed by atoms with E-state index in [0.717, 1.165) is 0 Å². The zero-order chi connectivity index (χ0) is 11.3. The second-order valence-electron chi connectivity index (χ2n) is 3.62. The molecule has 1 aromatic rings. The molecule has 0 saturated carbocycles. The molecule has 1 rings (SSSR count). The molecule has 0 aliphatic heterocycles. The summed E-state index contributed by atoms with van der Waals surface area (Å²) < 4.78 is 0. The Kier molecular flexibility index (Phi) is 4.59. The lowest BCUT2D eigenvalue weighted by molar-refractivity contribution is 0.0209. The van der Waals surface area contributed by atoms with Crippen LogP contribution in [0.3, 0.4) is 0 Å². The van der Waals surface area contributed by atoms with Gasteiger partial charge < -0.3 is 0 Å². The molecule has 3 nitrogen and oxygen atoms in total. The molecular weight excluding hydrogens is 214 g/mol. The van der Waals surface area contributed by atoms with Gasteiger partial charge in [0.1, 0.15) is 0 Å². The lowest BCUT2D eigenvalue weighted by Crippen LogP contribution is -2.25. The van der Waals surface area contributed by atoms with E-state index in [1.807, 2.05) is 13.8 Å². The molecule has 0 aromatic heterocycles. The normalized spacial score (nSPS) is 10.4. The molecule has 0 bridgehead atoms. The van der Waals surface area contributed by atoms with E-state index in [4.69, 9.17) is 16.4 Å². The molecule has 0 heterocycles. The van der Waals surface area contributed by atoms with Crippen LogP contribution in [-0.2, 0) is 4.84 Å². The zero-order valence-corrected chi connectivity index (χ0v) is 9.54. The van der Waals surface area contributed by atoms with E-state index >= 15 is 0 Å². The SMILES string of the molecule is CC(C)CONC(=O)c1ccccc1Cl. The van der Waals surface area contributed by atoms with E-state index in [0.29, 0.717) is 23.1 Å². The highest BCUT2D eigenvalue weighted by Gasteiger charge is 2.09. The molecule has 1 amide bonds. The molecule has 0 atom stereocenters. The maximum atomic E-state index is 11.5. The molecule has 4 heteroatoms. The van der Waals surface area contributed by atoms with Gasteiger partial charge in [0.15, 0.2) is 0 Å². The van der Waals surface area contributed by atoms with Crippen LogP contribution in [0, 0.1) is 5.92 Å². The van der Waals surface area contributed by atoms with Gasteiger partial charge in [-0.05, 0) is 18.1 Å². The number of nitrogens with one attached hydrogen (secondary N) is 1. The minimum atomic E-state index is -0.318. The molecule has 0 fully saturated rings. The summed E-state index contributed by atoms with van der Waals surface area (Å²) in [5.74, 6) is 0.0535. The van der Waals surface area contributed by atoms with E-state index in [2.05, 4.69) is 5.48 Å². The number of rotatable bonds is 4. The summed E-state index contributed by atoms with van der Waals surface area (Å²) in [5.41, 5.74) is 2.77. The Labute approximate surface area is 94.3 Å². The molecule has 0 radical (unpaired) electrons. The van der Waals surface area contributed by atoms with Crippen molar-refractivity contribution in [1.29, 1.82) is 0 Å². The third kappa shape index (κ3) is 3.90. The van der Waals surface area contributed by atoms with Crippen LogP contribution in [0.15, 0.2) is 24.3 Å². The summed E-state index contributed by atoms with van der Waals surface area (Å²) in [6.07, 6.45) is 0. The topological polar surface area (TPSA) is 38.3 Å². The number of carbonyl (C=O) groups excluding carboxylic acids is 1. The van der Waals surface area contributed by atoms with Gasteiger partial charge >= 0.3 is 0 Å². The highest BCUT2D eigenvalue weighted by molar-refractivity contribution is 6.33. The summed E-state index contributed by atoms with van der Waals surface area (Å²) in [4.78, 5) is 16.5. The van der Waals surface area contributed by atoms with E-state index < -0.39 is 0 Å². The lowest BCUT2D eigenvalue weighted by atomic mass is 10.2. The van der Waals surface area contributed by atoms with Gasteiger partial charge in [-0.25, -0.2) is 5.48 Å². The van der Waals surface area contributed by atoms with E-state index in [1.165, 1.54) is 0 Å². The predicted molar refractivity (Wildman–Crippen MR) is 59.7 cm³/mol. The van der Waals surface area contributed by atoms with Gasteiger partial charge in [0.2, 0.25) is 0 Å². The fourth-order valence-corrected chi connectivity index (χ4v) is 1.20. The first-order chi connectivity index (χ1) is 7.11. The van der Waals surface area contributed by atoms with Crippen LogP contribution < -0.4 is 5.48 Å². The van der Waals surface area contributed by atoms with Crippen molar-refractivity contribution in [3.05, 3.63) is 34.9 Å². The van der Waals surface area contributed by atoms with Gasteiger partial charge in [0.05, 0.1) is 17.2 Å². The highest BCUT2D eigenvalue weighted by atomic mass is 35.5. The summed E-state index contributed by atoms with van der Waals surface area (Å²) in [6, 6.07) is 6.84. The first kappa shape index (κ1) is 12.0. The average Bonchev–Trinajstić information content (AvgIpc) is 2.17. The van der Waals surface area contributed by atoms with Crippen molar-refractivity contribution < 1.29 is 9.63 Å². The Balaban J connectivity index is 2.51. The standard InChI is InChI=1S/C11H14ClNO2/c1-8(2)7-15-13-11(14)9-5-3-4-6-10(9)12/h3-6,8H,7H2,1-2H3,(H,13,14). The Hall–Kier alpha value is -1.06. The second-order valence-corrected chi connectivity index (χ2v) is 4.02. The van der Waals surface area contributed by atoms with Crippen LogP contribution in [0.25, 0.3) is 0 Å². The van der Waals surface area contributed by atoms with Crippen LogP contribution >= 0.6 is 11.6 Å². The van der Waals surface area contributed by atoms with Crippen molar-refractivity contribution in [3.8, 4) is 0 Å². The van der Waals surface area contributed by atoms with Gasteiger partial charge in [0, 0.05) is 0 Å². The molecule has 15 heavy (non-hydrogen) atoms. The Morgan fingerprint density at radius 2 is 2.13 bits per heavy atom. The number of carbonyl (C=O) groups is 1. The fraction of sp³-hybridized carbons (Fsp3) is 0.364. The number of amides is 1. The van der Waals surface area contributed by atoms with Crippen molar-refractivity contribution >= 4 is 17.5 Å². The average molecular weight is 228 g/mol. The summed E-state index contributed by atoms with van der Waals surface area (Å²) in [7, 11) is 0. The van der Waals surface area contributed by atoms with Crippen molar-refractivity contribution in [3.63, 3.8) is 0 Å². The Bertz CT molecular complexity index is 339. The summed E-state index contributed by atoms with van der Waals surface area (Å²) in [6.45, 7) is 4.49. The van der Waals surface area contributed by atoms with E-state index in [9.17, 15) is 4.79 Å².